The molecule has 2 aliphatic rings. The van der Waals surface area contributed by atoms with E-state index in [9.17, 15) is 18.8 Å². The highest BCUT2D eigenvalue weighted by Gasteiger charge is 2.32. The van der Waals surface area contributed by atoms with Crippen molar-refractivity contribution in [2.45, 2.75) is 18.9 Å². The zero-order valence-corrected chi connectivity index (χ0v) is 16.7. The first kappa shape index (κ1) is 19.3. The molecule has 5 rings (SSSR count). The highest BCUT2D eigenvalue weighted by atomic mass is 19.1. The van der Waals surface area contributed by atoms with Crippen LogP contribution in [-0.4, -0.2) is 62.3 Å². The van der Waals surface area contributed by atoms with E-state index in [4.69, 9.17) is 0 Å². The normalized spacial score (nSPS) is 16.5. The first-order valence-corrected chi connectivity index (χ1v) is 10.2. The van der Waals surface area contributed by atoms with Gasteiger partial charge in [-0.15, -0.1) is 0 Å². The summed E-state index contributed by atoms with van der Waals surface area (Å²) in [4.78, 5) is 50.4. The highest BCUT2D eigenvalue weighted by molar-refractivity contribution is 5.96. The number of nitrogens with zero attached hydrogens (tertiary/aromatic N) is 5. The topological polar surface area (TPSA) is 88.4 Å². The fourth-order valence-electron chi connectivity index (χ4n) is 3.92. The molecule has 1 aliphatic carbocycles. The molecule has 0 spiro atoms. The molecule has 0 atom stereocenters. The van der Waals surface area contributed by atoms with Gasteiger partial charge < -0.3 is 9.80 Å². The smallest absolute Gasteiger partial charge is 0.284 e. The summed E-state index contributed by atoms with van der Waals surface area (Å²) in [5, 5.41) is 0. The van der Waals surface area contributed by atoms with Crippen molar-refractivity contribution in [2.75, 3.05) is 26.2 Å². The number of fused-ring (bicyclic) bond motifs is 1. The van der Waals surface area contributed by atoms with Crippen molar-refractivity contribution >= 4 is 23.0 Å². The Morgan fingerprint density at radius 2 is 1.61 bits per heavy atom. The van der Waals surface area contributed by atoms with Crippen molar-refractivity contribution in [1.29, 1.82) is 0 Å². The lowest BCUT2D eigenvalue weighted by Crippen LogP contribution is -2.51. The van der Waals surface area contributed by atoms with Crippen LogP contribution < -0.4 is 5.56 Å². The van der Waals surface area contributed by atoms with Crippen molar-refractivity contribution in [3.05, 3.63) is 70.0 Å². The van der Waals surface area contributed by atoms with Gasteiger partial charge in [-0.25, -0.2) is 14.4 Å². The van der Waals surface area contributed by atoms with Crippen LogP contribution in [0.4, 0.5) is 4.39 Å². The number of carbonyl (C=O) groups excluding carboxylic acids is 2. The number of aromatic nitrogens is 3. The molecule has 0 unspecified atom stereocenters. The Hall–Kier alpha value is -3.62. The third-order valence-corrected chi connectivity index (χ3v) is 5.72. The SMILES string of the molecule is O=C(c1ccccc1F)N1CCN(C(=O)c2nc3cccnc3n(C3CC3)c2=O)CC1. The maximum Gasteiger partial charge on any atom is 0.284 e. The average Bonchev–Trinajstić information content (AvgIpc) is 3.63. The summed E-state index contributed by atoms with van der Waals surface area (Å²) in [6.07, 6.45) is 3.36. The third-order valence-electron chi connectivity index (χ3n) is 5.72. The van der Waals surface area contributed by atoms with Crippen LogP contribution in [0.25, 0.3) is 11.2 Å². The van der Waals surface area contributed by atoms with Crippen LogP contribution in [-0.2, 0) is 0 Å². The fraction of sp³-hybridized carbons (Fsp3) is 0.318. The molecule has 8 nitrogen and oxygen atoms in total. The molecular weight excluding hydrogens is 401 g/mol. The number of piperazine rings is 1. The number of halogens is 1. The van der Waals surface area contributed by atoms with E-state index in [-0.39, 0.29) is 43.5 Å². The standard InChI is InChI=1S/C22H20FN5O3/c23-16-5-2-1-4-15(16)20(29)26-10-12-27(13-11-26)21(30)18-22(31)28(14-7-8-14)19-17(25-18)6-3-9-24-19/h1-6,9,14H,7-8,10-13H2. The van der Waals surface area contributed by atoms with Gasteiger partial charge in [0.25, 0.3) is 17.4 Å². The van der Waals surface area contributed by atoms with Crippen LogP contribution in [0, 0.1) is 5.82 Å². The second-order valence-electron chi connectivity index (χ2n) is 7.78. The van der Waals surface area contributed by atoms with Crippen LogP contribution in [0.1, 0.15) is 39.7 Å². The summed E-state index contributed by atoms with van der Waals surface area (Å²) in [5.74, 6) is -1.43. The number of carbonyl (C=O) groups is 2. The van der Waals surface area contributed by atoms with Gasteiger partial charge in [-0.3, -0.25) is 19.0 Å². The molecule has 1 aliphatic heterocycles. The van der Waals surface area contributed by atoms with Crippen molar-refractivity contribution in [2.24, 2.45) is 0 Å². The number of benzene rings is 1. The summed E-state index contributed by atoms with van der Waals surface area (Å²) in [5.41, 5.74) is 0.459. The third kappa shape index (κ3) is 3.45. The van der Waals surface area contributed by atoms with Gasteiger partial charge >= 0.3 is 0 Å². The van der Waals surface area contributed by atoms with Gasteiger partial charge in [0.15, 0.2) is 11.3 Å². The summed E-state index contributed by atoms with van der Waals surface area (Å²) in [6.45, 7) is 0.999. The van der Waals surface area contributed by atoms with Crippen molar-refractivity contribution in [3.8, 4) is 0 Å². The molecule has 0 bridgehead atoms. The summed E-state index contributed by atoms with van der Waals surface area (Å²) < 4.78 is 15.5. The molecule has 158 valence electrons. The summed E-state index contributed by atoms with van der Waals surface area (Å²) >= 11 is 0. The lowest BCUT2D eigenvalue weighted by Gasteiger charge is -2.34. The molecule has 1 aromatic carbocycles. The number of hydrogen-bond acceptors (Lipinski definition) is 5. The monoisotopic (exact) mass is 421 g/mol. The molecule has 3 aromatic rings. The van der Waals surface area contributed by atoms with E-state index < -0.39 is 23.2 Å². The highest BCUT2D eigenvalue weighted by Crippen LogP contribution is 2.35. The minimum atomic E-state index is -0.569. The van der Waals surface area contributed by atoms with Crippen LogP contribution in [0.5, 0.6) is 0 Å². The zero-order chi connectivity index (χ0) is 21.5. The summed E-state index contributed by atoms with van der Waals surface area (Å²) in [7, 11) is 0. The molecule has 1 saturated carbocycles. The Bertz CT molecular complexity index is 1250. The predicted molar refractivity (Wildman–Crippen MR) is 110 cm³/mol. The molecule has 1 saturated heterocycles. The van der Waals surface area contributed by atoms with Gasteiger partial charge in [-0.05, 0) is 37.1 Å². The lowest BCUT2D eigenvalue weighted by molar-refractivity contribution is 0.0528. The van der Waals surface area contributed by atoms with Gasteiger partial charge in [0.1, 0.15) is 11.3 Å². The maximum absolute atomic E-state index is 13.9. The van der Waals surface area contributed by atoms with Crippen molar-refractivity contribution in [1.82, 2.24) is 24.3 Å². The van der Waals surface area contributed by atoms with E-state index in [1.807, 2.05) is 0 Å². The predicted octanol–water partition coefficient (Wildman–Crippen LogP) is 1.86. The van der Waals surface area contributed by atoms with Gasteiger partial charge in [0.2, 0.25) is 0 Å². The number of hydrogen-bond donors (Lipinski definition) is 0. The molecule has 3 heterocycles. The van der Waals surface area contributed by atoms with E-state index in [2.05, 4.69) is 9.97 Å². The quantitative estimate of drug-likeness (QED) is 0.644. The number of pyridine rings is 1. The zero-order valence-electron chi connectivity index (χ0n) is 16.7. The number of rotatable bonds is 3. The van der Waals surface area contributed by atoms with Crippen molar-refractivity contribution < 1.29 is 14.0 Å². The minimum Gasteiger partial charge on any atom is -0.335 e. The van der Waals surface area contributed by atoms with Gasteiger partial charge in [-0.2, -0.15) is 0 Å². The Kier molecular flexibility index (Phi) is 4.72. The van der Waals surface area contributed by atoms with Crippen LogP contribution in [0.2, 0.25) is 0 Å². The van der Waals surface area contributed by atoms with Crippen LogP contribution >= 0.6 is 0 Å². The maximum atomic E-state index is 13.9. The van der Waals surface area contributed by atoms with Crippen molar-refractivity contribution in [3.63, 3.8) is 0 Å². The molecule has 0 radical (unpaired) electrons. The van der Waals surface area contributed by atoms with Gasteiger partial charge in [0, 0.05) is 38.4 Å². The second kappa shape index (κ2) is 7.57. The molecule has 2 amide bonds. The molecule has 2 fully saturated rings. The second-order valence-corrected chi connectivity index (χ2v) is 7.78. The Morgan fingerprint density at radius 3 is 2.29 bits per heavy atom. The molecule has 9 heteroatoms. The largest absolute Gasteiger partial charge is 0.335 e. The molecule has 31 heavy (non-hydrogen) atoms. The van der Waals surface area contributed by atoms with Crippen LogP contribution in [0.15, 0.2) is 47.4 Å². The van der Waals surface area contributed by atoms with E-state index in [0.717, 1.165) is 12.8 Å². The fourth-order valence-corrected chi connectivity index (χ4v) is 3.92. The first-order valence-electron chi connectivity index (χ1n) is 10.2. The lowest BCUT2D eigenvalue weighted by atomic mass is 10.1. The molecule has 0 N–H and O–H groups in total. The van der Waals surface area contributed by atoms with E-state index in [1.54, 1.807) is 29.0 Å². The molecule has 2 aromatic heterocycles. The minimum absolute atomic E-state index is 0.0123. The van der Waals surface area contributed by atoms with E-state index in [0.29, 0.717) is 11.2 Å². The molecular formula is C22H20FN5O3. The Morgan fingerprint density at radius 1 is 0.935 bits per heavy atom. The van der Waals surface area contributed by atoms with E-state index in [1.165, 1.54) is 28.0 Å². The van der Waals surface area contributed by atoms with Gasteiger partial charge in [0.05, 0.1) is 5.56 Å². The summed E-state index contributed by atoms with van der Waals surface area (Å²) in [6, 6.07) is 9.35. The van der Waals surface area contributed by atoms with E-state index >= 15 is 0 Å². The number of amides is 2. The van der Waals surface area contributed by atoms with Crippen LogP contribution in [0.3, 0.4) is 0 Å². The van der Waals surface area contributed by atoms with Gasteiger partial charge in [-0.1, -0.05) is 12.1 Å². The Labute approximate surface area is 176 Å². The average molecular weight is 421 g/mol. The Balaban J connectivity index is 1.37. The first-order chi connectivity index (χ1) is 15.0.